The Kier molecular flexibility index (Phi) is 1.78. The monoisotopic (exact) mass is 74.1 g/mol. The topological polar surface area (TPSA) is 0 Å². The Balaban J connectivity index is 3.15. The highest BCUT2D eigenvalue weighted by Gasteiger charge is 1.68. The lowest BCUT2D eigenvalue weighted by Crippen LogP contribution is -1.59. The van der Waals surface area contributed by atoms with Crippen LogP contribution in [0, 0.1) is 0 Å². The van der Waals surface area contributed by atoms with Gasteiger partial charge in [0.2, 0.25) is 0 Å². The van der Waals surface area contributed by atoms with Crippen molar-refractivity contribution in [2.75, 3.05) is 0 Å². The van der Waals surface area contributed by atoms with Crippen LogP contribution in [-0.2, 0) is 0 Å². The zero-order chi connectivity index (χ0) is 5.91. The van der Waals surface area contributed by atoms with Gasteiger partial charge in [-0.25, -0.2) is 0 Å². The Morgan fingerprint density at radius 1 is 1.60 bits per heavy atom. The molecule has 5 heavy (non-hydrogen) atoms. The van der Waals surface area contributed by atoms with Crippen molar-refractivity contribution in [2.24, 2.45) is 0 Å². The van der Waals surface area contributed by atoms with E-state index in [1.807, 2.05) is 6.92 Å². The highest BCUT2D eigenvalue weighted by molar-refractivity contribution is 4.24. The molecule has 0 aromatic rings. The van der Waals surface area contributed by atoms with Crippen LogP contribution >= 0.6 is 0 Å². The third kappa shape index (κ3) is 4.00. The smallest absolute Gasteiger partial charge is 0.0264 e. The van der Waals surface area contributed by atoms with Crippen LogP contribution in [0.1, 0.15) is 35.8 Å². The van der Waals surface area contributed by atoms with Gasteiger partial charge in [-0.3, -0.25) is 0 Å². The van der Waals surface area contributed by atoms with Crippen LogP contribution in [0.15, 0.2) is 0 Å². The summed E-state index contributed by atoms with van der Waals surface area (Å²) in [5, 5.41) is 0. The average molecular weight is 74.2 g/mol. The summed E-state index contributed by atoms with van der Waals surface area (Å²) < 4.78 is 14.0. The van der Waals surface area contributed by atoms with E-state index >= 15 is 0 Å². The molecule has 0 aliphatic carbocycles. The van der Waals surface area contributed by atoms with Gasteiger partial charge in [0.25, 0.3) is 0 Å². The molecule has 0 fully saturated rings. The van der Waals surface area contributed by atoms with Gasteiger partial charge in [0.15, 0.2) is 0 Å². The Hall–Kier alpha value is 0. The van der Waals surface area contributed by atoms with Crippen molar-refractivity contribution in [2.45, 2.75) is 33.1 Å². The van der Waals surface area contributed by atoms with Gasteiger partial charge in [-0.1, -0.05) is 33.1 Å². The van der Waals surface area contributed by atoms with Crippen LogP contribution in [-0.4, -0.2) is 0 Å². The summed E-state index contributed by atoms with van der Waals surface area (Å²) in [4.78, 5) is 0. The van der Waals surface area contributed by atoms with E-state index in [0.29, 0.717) is 6.42 Å². The maximum atomic E-state index is 7.00. The molecule has 0 heteroatoms. The van der Waals surface area contributed by atoms with E-state index in [9.17, 15) is 0 Å². The molecule has 0 atom stereocenters. The highest BCUT2D eigenvalue weighted by atomic mass is 13.7. The summed E-state index contributed by atoms with van der Waals surface area (Å²) in [6.07, 6.45) is 0.658. The predicted octanol–water partition coefficient (Wildman–Crippen LogP) is 2.20. The van der Waals surface area contributed by atoms with Gasteiger partial charge >= 0.3 is 0 Å². The van der Waals surface area contributed by atoms with Crippen LogP contribution < -0.4 is 0 Å². The molecule has 0 radical (unpaired) electrons. The molecule has 0 spiro atoms. The summed E-state index contributed by atoms with van der Waals surface area (Å²) in [6, 6.07) is 0. The lowest BCUT2D eigenvalue weighted by atomic mass is 10.3. The maximum absolute atomic E-state index is 7.00. The van der Waals surface area contributed by atoms with E-state index in [2.05, 4.69) is 0 Å². The molecule has 0 aromatic heterocycles. The summed E-state index contributed by atoms with van der Waals surface area (Å²) in [5.41, 5.74) is 0. The minimum atomic E-state index is -0.950. The first-order valence-electron chi connectivity index (χ1n) is 3.06. The number of rotatable bonds is 2. The lowest BCUT2D eigenvalue weighted by Gasteiger charge is -1.79. The second-order valence-corrected chi connectivity index (χ2v) is 1.10. The minimum absolute atomic E-state index is 0.674. The molecule has 0 bridgehead atoms. The van der Waals surface area contributed by atoms with Crippen molar-refractivity contribution < 1.29 is 2.74 Å². The van der Waals surface area contributed by atoms with Gasteiger partial charge < -0.3 is 0 Å². The van der Waals surface area contributed by atoms with Gasteiger partial charge in [0.05, 0.1) is 0 Å². The number of hydrogen-bond acceptors (Lipinski definition) is 0. The first kappa shape index (κ1) is 2.22. The van der Waals surface area contributed by atoms with E-state index in [4.69, 9.17) is 2.74 Å². The van der Waals surface area contributed by atoms with E-state index in [0.717, 1.165) is 6.42 Å². The molecule has 0 unspecified atom stereocenters. The lowest BCUT2D eigenvalue weighted by molar-refractivity contribution is 0.772. The highest BCUT2D eigenvalue weighted by Crippen LogP contribution is 1.88. The molecule has 32 valence electrons. The molecular formula is C5H12. The molecule has 0 heterocycles. The second-order valence-electron chi connectivity index (χ2n) is 1.10. The summed E-state index contributed by atoms with van der Waals surface area (Å²) in [5.74, 6) is 0. The van der Waals surface area contributed by atoms with Crippen LogP contribution in [0.2, 0.25) is 0 Å². The minimum Gasteiger partial charge on any atom is -0.0654 e. The third-order valence-corrected chi connectivity index (χ3v) is 0.500. The average Bonchev–Trinajstić information content (AvgIpc) is 1.30. The molecule has 0 N–H and O–H groups in total. The van der Waals surface area contributed by atoms with Crippen molar-refractivity contribution in [1.29, 1.82) is 0 Å². The van der Waals surface area contributed by atoms with E-state index in [1.165, 1.54) is 0 Å². The first-order valence-corrected chi connectivity index (χ1v) is 2.06. The van der Waals surface area contributed by atoms with Crippen molar-refractivity contribution >= 4 is 0 Å². The fraction of sp³-hybridized carbons (Fsp3) is 1.00. The third-order valence-electron chi connectivity index (χ3n) is 0.500. The predicted molar refractivity (Wildman–Crippen MR) is 25.2 cm³/mol. The molecule has 0 amide bonds. The Morgan fingerprint density at radius 2 is 2.20 bits per heavy atom. The first-order chi connectivity index (χ1) is 3.06. The van der Waals surface area contributed by atoms with Gasteiger partial charge in [-0.15, -0.1) is 0 Å². The van der Waals surface area contributed by atoms with E-state index in [-0.39, 0.29) is 0 Å². The quantitative estimate of drug-likeness (QED) is 0.471. The summed E-state index contributed by atoms with van der Waals surface area (Å²) in [6.45, 7) is 3.60. The van der Waals surface area contributed by atoms with Gasteiger partial charge in [-0.05, 0) is 0 Å². The molecule has 0 saturated heterocycles. The standard InChI is InChI=1S/C5H12/c1-3-5-4-2/h3-5H2,1-2H3/i3D2. The fourth-order valence-corrected chi connectivity index (χ4v) is 0.250. The van der Waals surface area contributed by atoms with Crippen LogP contribution in [0.5, 0.6) is 0 Å². The normalized spacial score (nSPS) is 17.2. The largest absolute Gasteiger partial charge is 0.0654 e. The van der Waals surface area contributed by atoms with Crippen molar-refractivity contribution in [3.63, 3.8) is 0 Å². The molecular weight excluding hydrogens is 60.1 g/mol. The zero-order valence-corrected chi connectivity index (χ0v) is 3.91. The number of hydrogen-bond donors (Lipinski definition) is 0. The molecule has 0 nitrogen and oxygen atoms in total. The molecule has 0 saturated carbocycles. The van der Waals surface area contributed by atoms with Crippen molar-refractivity contribution in [3.05, 3.63) is 0 Å². The van der Waals surface area contributed by atoms with Gasteiger partial charge in [-0.2, -0.15) is 0 Å². The molecule has 0 aliphatic heterocycles. The fourth-order valence-electron chi connectivity index (χ4n) is 0.250. The molecule has 0 rings (SSSR count). The maximum Gasteiger partial charge on any atom is 0.0264 e. The SMILES string of the molecule is [2H]C([2H])(C)CCC. The zero-order valence-electron chi connectivity index (χ0n) is 5.91. The van der Waals surface area contributed by atoms with E-state index < -0.39 is 6.37 Å². The van der Waals surface area contributed by atoms with Crippen LogP contribution in [0.4, 0.5) is 0 Å². The van der Waals surface area contributed by atoms with E-state index in [1.54, 1.807) is 6.92 Å². The summed E-state index contributed by atoms with van der Waals surface area (Å²) >= 11 is 0. The summed E-state index contributed by atoms with van der Waals surface area (Å²) in [7, 11) is 0. The molecule has 0 aromatic carbocycles. The Morgan fingerprint density at radius 3 is 2.20 bits per heavy atom. The molecule has 0 aliphatic rings. The van der Waals surface area contributed by atoms with Crippen molar-refractivity contribution in [1.82, 2.24) is 0 Å². The second kappa shape index (κ2) is 4.00. The van der Waals surface area contributed by atoms with Crippen molar-refractivity contribution in [3.8, 4) is 0 Å². The van der Waals surface area contributed by atoms with Gasteiger partial charge in [0.1, 0.15) is 0 Å². The Bertz CT molecular complexity index is 44.5. The van der Waals surface area contributed by atoms with Gasteiger partial charge in [0, 0.05) is 2.74 Å². The van der Waals surface area contributed by atoms with Crippen LogP contribution in [0.3, 0.4) is 0 Å². The Labute approximate surface area is 37.0 Å². The van der Waals surface area contributed by atoms with Crippen LogP contribution in [0.25, 0.3) is 0 Å².